The number of hydrogen-bond donors (Lipinski definition) is 1. The van der Waals surface area contributed by atoms with Gasteiger partial charge in [-0.25, -0.2) is 4.98 Å². The molecule has 3 rings (SSSR count). The molecule has 2 heterocycles. The number of para-hydroxylation sites is 1. The van der Waals surface area contributed by atoms with Crippen molar-refractivity contribution in [1.29, 1.82) is 0 Å². The van der Waals surface area contributed by atoms with E-state index in [1.807, 2.05) is 23.1 Å². The molecule has 1 N–H and O–H groups in total. The molecule has 1 amide bonds. The predicted molar refractivity (Wildman–Crippen MR) is 85.7 cm³/mol. The van der Waals surface area contributed by atoms with Crippen LogP contribution in [0.4, 0.5) is 0 Å². The van der Waals surface area contributed by atoms with E-state index in [2.05, 4.69) is 9.97 Å². The smallest absolute Gasteiger partial charge is 0.258 e. The van der Waals surface area contributed by atoms with Crippen molar-refractivity contribution in [2.24, 2.45) is 0 Å². The Balaban J connectivity index is 1.68. The van der Waals surface area contributed by atoms with Gasteiger partial charge < -0.3 is 9.88 Å². The lowest BCUT2D eigenvalue weighted by molar-refractivity contribution is -0.131. The van der Waals surface area contributed by atoms with Gasteiger partial charge in [-0.1, -0.05) is 25.0 Å². The van der Waals surface area contributed by atoms with E-state index >= 15 is 0 Å². The van der Waals surface area contributed by atoms with E-state index in [9.17, 15) is 9.59 Å². The van der Waals surface area contributed by atoms with Crippen LogP contribution in [0.5, 0.6) is 0 Å². The van der Waals surface area contributed by atoms with Crippen LogP contribution in [0, 0.1) is 0 Å². The van der Waals surface area contributed by atoms with E-state index in [1.165, 1.54) is 12.8 Å². The molecule has 1 aliphatic heterocycles. The number of benzene rings is 1. The third-order valence-electron chi connectivity index (χ3n) is 4.20. The topological polar surface area (TPSA) is 66.1 Å². The van der Waals surface area contributed by atoms with Gasteiger partial charge >= 0.3 is 0 Å². The number of rotatable bonds is 3. The normalized spacial score (nSPS) is 15.7. The van der Waals surface area contributed by atoms with Crippen LogP contribution in [0.1, 0.15) is 37.9 Å². The van der Waals surface area contributed by atoms with Gasteiger partial charge in [0.05, 0.1) is 10.9 Å². The van der Waals surface area contributed by atoms with Gasteiger partial charge in [0.1, 0.15) is 5.82 Å². The number of carbonyl (C=O) groups is 1. The van der Waals surface area contributed by atoms with Crippen molar-refractivity contribution < 1.29 is 4.79 Å². The number of H-pyrrole nitrogens is 1. The number of carbonyl (C=O) groups excluding carboxylic acids is 1. The first-order valence-electron chi connectivity index (χ1n) is 8.00. The fraction of sp³-hybridized carbons (Fsp3) is 0.471. The van der Waals surface area contributed by atoms with E-state index in [-0.39, 0.29) is 11.5 Å². The Kier molecular flexibility index (Phi) is 4.51. The van der Waals surface area contributed by atoms with Crippen LogP contribution in [-0.2, 0) is 11.2 Å². The van der Waals surface area contributed by atoms with E-state index in [4.69, 9.17) is 0 Å². The summed E-state index contributed by atoms with van der Waals surface area (Å²) in [6.45, 7) is 1.72. The number of aromatic nitrogens is 2. The lowest BCUT2D eigenvalue weighted by Crippen LogP contribution is -2.32. The molecule has 1 saturated heterocycles. The van der Waals surface area contributed by atoms with Crippen LogP contribution in [0.2, 0.25) is 0 Å². The van der Waals surface area contributed by atoms with Gasteiger partial charge in [0.15, 0.2) is 0 Å². The fourth-order valence-electron chi connectivity index (χ4n) is 2.96. The minimum absolute atomic E-state index is 0.136. The summed E-state index contributed by atoms with van der Waals surface area (Å²) in [4.78, 5) is 33.5. The number of aromatic amines is 1. The molecule has 0 radical (unpaired) electrons. The molecule has 0 bridgehead atoms. The van der Waals surface area contributed by atoms with E-state index < -0.39 is 0 Å². The number of hydrogen-bond acceptors (Lipinski definition) is 3. The fourth-order valence-corrected chi connectivity index (χ4v) is 2.96. The summed E-state index contributed by atoms with van der Waals surface area (Å²) in [7, 11) is 0. The monoisotopic (exact) mass is 299 g/mol. The molecule has 5 heteroatoms. The zero-order chi connectivity index (χ0) is 15.4. The van der Waals surface area contributed by atoms with Crippen molar-refractivity contribution in [2.75, 3.05) is 13.1 Å². The summed E-state index contributed by atoms with van der Waals surface area (Å²) in [6, 6.07) is 7.26. The largest absolute Gasteiger partial charge is 0.343 e. The molecule has 116 valence electrons. The van der Waals surface area contributed by atoms with Gasteiger partial charge in [-0.05, 0) is 25.0 Å². The highest BCUT2D eigenvalue weighted by atomic mass is 16.2. The van der Waals surface area contributed by atoms with Crippen molar-refractivity contribution >= 4 is 16.8 Å². The van der Waals surface area contributed by atoms with Gasteiger partial charge in [0, 0.05) is 25.9 Å². The Morgan fingerprint density at radius 3 is 2.64 bits per heavy atom. The maximum Gasteiger partial charge on any atom is 0.258 e. The molecule has 22 heavy (non-hydrogen) atoms. The maximum atomic E-state index is 12.3. The summed E-state index contributed by atoms with van der Waals surface area (Å²) >= 11 is 0. The van der Waals surface area contributed by atoms with Crippen molar-refractivity contribution in [1.82, 2.24) is 14.9 Å². The van der Waals surface area contributed by atoms with Crippen molar-refractivity contribution in [3.05, 3.63) is 40.4 Å². The number of likely N-dealkylation sites (tertiary alicyclic amines) is 1. The number of fused-ring (bicyclic) bond motifs is 1. The average molecular weight is 299 g/mol. The van der Waals surface area contributed by atoms with Gasteiger partial charge in [-0.15, -0.1) is 0 Å². The Morgan fingerprint density at radius 1 is 1.14 bits per heavy atom. The standard InChI is InChI=1S/C17H21N3O2/c21-16(20-11-5-1-2-6-12-20)10-9-15-18-14-8-4-3-7-13(14)17(22)19-15/h3-4,7-8H,1-2,5-6,9-12H2,(H,18,19,22). The van der Waals surface area contributed by atoms with Gasteiger partial charge in [-0.3, -0.25) is 9.59 Å². The maximum absolute atomic E-state index is 12.3. The number of aryl methyl sites for hydroxylation is 1. The molecule has 0 spiro atoms. The number of nitrogens with one attached hydrogen (secondary N) is 1. The van der Waals surface area contributed by atoms with E-state index in [1.54, 1.807) is 6.07 Å². The first-order valence-corrected chi connectivity index (χ1v) is 8.00. The zero-order valence-electron chi connectivity index (χ0n) is 12.7. The van der Waals surface area contributed by atoms with Crippen LogP contribution >= 0.6 is 0 Å². The summed E-state index contributed by atoms with van der Waals surface area (Å²) in [6.07, 6.45) is 5.50. The van der Waals surface area contributed by atoms with Crippen LogP contribution in [0.3, 0.4) is 0 Å². The summed E-state index contributed by atoms with van der Waals surface area (Å²) < 4.78 is 0. The minimum atomic E-state index is -0.136. The van der Waals surface area contributed by atoms with Crippen LogP contribution in [-0.4, -0.2) is 33.9 Å². The second kappa shape index (κ2) is 6.73. The summed E-state index contributed by atoms with van der Waals surface area (Å²) in [5.41, 5.74) is 0.547. The van der Waals surface area contributed by atoms with E-state index in [0.717, 1.165) is 25.9 Å². The molecular formula is C17H21N3O2. The highest BCUT2D eigenvalue weighted by molar-refractivity contribution is 5.78. The Hall–Kier alpha value is -2.17. The van der Waals surface area contributed by atoms with Crippen molar-refractivity contribution in [3.63, 3.8) is 0 Å². The number of amides is 1. The van der Waals surface area contributed by atoms with Crippen LogP contribution < -0.4 is 5.56 Å². The van der Waals surface area contributed by atoms with E-state index in [0.29, 0.717) is 29.6 Å². The molecule has 0 unspecified atom stereocenters. The van der Waals surface area contributed by atoms with Crippen LogP contribution in [0.25, 0.3) is 10.9 Å². The molecule has 0 saturated carbocycles. The Labute approximate surface area is 129 Å². The molecule has 1 aliphatic rings. The highest BCUT2D eigenvalue weighted by Gasteiger charge is 2.15. The number of nitrogens with zero attached hydrogens (tertiary/aromatic N) is 2. The lowest BCUT2D eigenvalue weighted by Gasteiger charge is -2.20. The van der Waals surface area contributed by atoms with Crippen LogP contribution in [0.15, 0.2) is 29.1 Å². The second-order valence-electron chi connectivity index (χ2n) is 5.82. The third kappa shape index (κ3) is 3.35. The third-order valence-corrected chi connectivity index (χ3v) is 4.20. The van der Waals surface area contributed by atoms with Crippen molar-refractivity contribution in [3.8, 4) is 0 Å². The Morgan fingerprint density at radius 2 is 1.86 bits per heavy atom. The van der Waals surface area contributed by atoms with Gasteiger partial charge in [0.2, 0.25) is 5.91 Å². The van der Waals surface area contributed by atoms with Crippen molar-refractivity contribution in [2.45, 2.75) is 38.5 Å². The molecule has 1 fully saturated rings. The Bertz CT molecular complexity index is 715. The zero-order valence-corrected chi connectivity index (χ0v) is 12.7. The molecule has 5 nitrogen and oxygen atoms in total. The molecule has 1 aromatic heterocycles. The summed E-state index contributed by atoms with van der Waals surface area (Å²) in [5.74, 6) is 0.754. The predicted octanol–water partition coefficient (Wildman–Crippen LogP) is 2.26. The lowest BCUT2D eigenvalue weighted by atomic mass is 10.2. The first-order chi connectivity index (χ1) is 10.7. The average Bonchev–Trinajstić information content (AvgIpc) is 2.82. The molecule has 0 aliphatic carbocycles. The first kappa shape index (κ1) is 14.8. The SMILES string of the molecule is O=C(CCc1nc2ccccc2c(=O)[nH]1)N1CCCCCC1. The highest BCUT2D eigenvalue weighted by Crippen LogP contribution is 2.12. The molecular weight excluding hydrogens is 278 g/mol. The minimum Gasteiger partial charge on any atom is -0.343 e. The molecule has 1 aromatic carbocycles. The molecule has 2 aromatic rings. The molecule has 0 atom stereocenters. The quantitative estimate of drug-likeness (QED) is 0.945. The van der Waals surface area contributed by atoms with Gasteiger partial charge in [0.25, 0.3) is 5.56 Å². The van der Waals surface area contributed by atoms with Gasteiger partial charge in [-0.2, -0.15) is 0 Å². The summed E-state index contributed by atoms with van der Waals surface area (Å²) in [5, 5.41) is 0.588. The second-order valence-corrected chi connectivity index (χ2v) is 5.82.